The molecule has 0 aromatic carbocycles. The van der Waals surface area contributed by atoms with Gasteiger partial charge in [-0.15, -0.1) is 0 Å². The van der Waals surface area contributed by atoms with E-state index in [0.717, 1.165) is 38.5 Å². The zero-order valence-electron chi connectivity index (χ0n) is 50.1. The summed E-state index contributed by atoms with van der Waals surface area (Å²) in [6, 6.07) is -3.07. The molecule has 86 heavy (non-hydrogen) atoms. The Hall–Kier alpha value is -3.94. The lowest BCUT2D eigenvalue weighted by Gasteiger charge is -2.42. The van der Waals surface area contributed by atoms with Crippen LogP contribution in [0.5, 0.6) is 0 Å². The minimum atomic E-state index is -1.41. The van der Waals surface area contributed by atoms with Crippen molar-refractivity contribution in [1.82, 2.24) is 31.9 Å². The van der Waals surface area contributed by atoms with Crippen molar-refractivity contribution in [3.05, 3.63) is 0 Å². The lowest BCUT2D eigenvalue weighted by atomic mass is 9.97. The number of carbonyl (C=O) groups excluding carboxylic acids is 6. The Morgan fingerprint density at radius 1 is 0.395 bits per heavy atom. The van der Waals surface area contributed by atoms with Crippen molar-refractivity contribution in [3.63, 3.8) is 0 Å². The topological polar surface area (TPSA) is 466 Å². The van der Waals surface area contributed by atoms with Crippen molar-refractivity contribution in [3.8, 4) is 0 Å². The van der Waals surface area contributed by atoms with Crippen molar-refractivity contribution in [1.29, 1.82) is 0 Å². The highest BCUT2D eigenvalue weighted by molar-refractivity contribution is 5.77. The molecule has 3 rings (SSSR count). The molecule has 3 aliphatic heterocycles. The van der Waals surface area contributed by atoms with Crippen LogP contribution in [0.4, 0.5) is 0 Å². The van der Waals surface area contributed by atoms with Gasteiger partial charge in [0.25, 0.3) is 0 Å². The lowest BCUT2D eigenvalue weighted by molar-refractivity contribution is -0.270. The molecule has 17 N–H and O–H groups in total. The number of aliphatic hydroxyl groups excluding tert-OH is 9. The summed E-state index contributed by atoms with van der Waals surface area (Å²) in [4.78, 5) is 72.9. The molecular weight excluding hydrogens is 1140 g/mol. The molecule has 0 unspecified atom stereocenters. The van der Waals surface area contributed by atoms with Gasteiger partial charge in [0.2, 0.25) is 35.4 Å². The highest BCUT2D eigenvalue weighted by atomic mass is 16.7. The first-order chi connectivity index (χ1) is 41.1. The van der Waals surface area contributed by atoms with Gasteiger partial charge in [-0.1, -0.05) is 38.5 Å². The van der Waals surface area contributed by atoms with Crippen molar-refractivity contribution >= 4 is 35.4 Å². The minimum Gasteiger partial charge on any atom is -0.394 e. The Kier molecular flexibility index (Phi) is 38.1. The zero-order chi connectivity index (χ0) is 63.4. The van der Waals surface area contributed by atoms with Gasteiger partial charge < -0.3 is 126 Å². The molecule has 3 saturated heterocycles. The van der Waals surface area contributed by atoms with Crippen molar-refractivity contribution < 1.29 is 117 Å². The van der Waals surface area contributed by atoms with Gasteiger partial charge in [0.1, 0.15) is 73.1 Å². The number of amides is 6. The van der Waals surface area contributed by atoms with Crippen LogP contribution in [-0.2, 0) is 71.4 Å². The second-order valence-corrected chi connectivity index (χ2v) is 22.0. The molecule has 3 aliphatic rings. The molecule has 3 fully saturated rings. The number of rotatable bonds is 45. The number of nitrogens with one attached hydrogen (secondary N) is 6. The monoisotopic (exact) mass is 1240 g/mol. The first-order valence-electron chi connectivity index (χ1n) is 30.0. The van der Waals surface area contributed by atoms with E-state index in [2.05, 4.69) is 31.9 Å². The smallest absolute Gasteiger partial charge is 0.222 e. The van der Waals surface area contributed by atoms with Crippen LogP contribution in [0.25, 0.3) is 0 Å². The quantitative estimate of drug-likeness (QED) is 0.0254. The van der Waals surface area contributed by atoms with Gasteiger partial charge in [0.05, 0.1) is 65.0 Å². The van der Waals surface area contributed by atoms with Crippen LogP contribution in [0.2, 0.25) is 0 Å². The fourth-order valence-electron chi connectivity index (χ4n) is 9.57. The van der Waals surface area contributed by atoms with Crippen LogP contribution in [0.3, 0.4) is 0 Å². The number of carbonyl (C=O) groups is 6. The molecule has 500 valence electrons. The number of hydrogen-bond acceptors (Lipinski definition) is 25. The summed E-state index contributed by atoms with van der Waals surface area (Å²) in [5.41, 5.74) is 5.48. The second-order valence-electron chi connectivity index (χ2n) is 22.0. The molecule has 0 aromatic heterocycles. The summed E-state index contributed by atoms with van der Waals surface area (Å²) in [6.45, 7) is 3.88. The molecule has 31 nitrogen and oxygen atoms in total. The maximum atomic E-state index is 12.6. The average Bonchev–Trinajstić information content (AvgIpc) is 1.60. The third kappa shape index (κ3) is 29.1. The highest BCUT2D eigenvalue weighted by Gasteiger charge is 2.48. The average molecular weight is 1240 g/mol. The van der Waals surface area contributed by atoms with E-state index in [1.807, 2.05) is 0 Å². The molecule has 15 atom stereocenters. The first-order valence-corrected chi connectivity index (χ1v) is 30.0. The Morgan fingerprint density at radius 2 is 0.651 bits per heavy atom. The molecule has 31 heteroatoms. The zero-order valence-corrected chi connectivity index (χ0v) is 50.1. The van der Waals surface area contributed by atoms with Crippen LogP contribution < -0.4 is 37.6 Å². The van der Waals surface area contributed by atoms with Crippen LogP contribution >= 0.6 is 0 Å². The predicted octanol–water partition coefficient (Wildman–Crippen LogP) is -5.19. The number of nitrogens with two attached hydrogens (primary N) is 1. The minimum absolute atomic E-state index is 0.0287. The standard InChI is InChI=1S/C55H101N7O24/c1-34(66)60-43-49(75)46(72)37(28-63)84-52(43)81-22-13-7-4-10-19-57-40(69)16-25-78-31-55(56,32-79-26-17-41(70)58-20-11-5-8-14-23-82-53-44(61-35(2)67)50(76)47(73)38(29-64)85-53)33-80-27-18-42(71)59-21-12-6-9-15-24-83-54-45(62-36(3)68)51(77)48(74)39(30-65)86-54/h37-39,43-54,63-65,72-77H,4-33,56H2,1-3H3,(H,57,69)(H,58,70)(H,59,71)(H,60,66)(H,61,67)(H,62,68)/t37-,38-,39-,43-,44-,45-,46+,47+,48+,49-,50-,51-,52-,53-,54-/m1/s1. The predicted molar refractivity (Wildman–Crippen MR) is 302 cm³/mol. The number of hydrogen-bond donors (Lipinski definition) is 16. The number of unbranched alkanes of at least 4 members (excludes halogenated alkanes) is 9. The molecule has 0 radical (unpaired) electrons. The van der Waals surface area contributed by atoms with E-state index in [1.165, 1.54) is 20.8 Å². The summed E-state index contributed by atoms with van der Waals surface area (Å²) in [5, 5.41) is 107. The second kappa shape index (κ2) is 42.9. The van der Waals surface area contributed by atoms with Gasteiger partial charge in [-0.2, -0.15) is 0 Å². The van der Waals surface area contributed by atoms with Crippen LogP contribution in [-0.4, -0.2) is 278 Å². The van der Waals surface area contributed by atoms with E-state index in [-0.39, 0.29) is 96.4 Å². The summed E-state index contributed by atoms with van der Waals surface area (Å²) in [6.07, 6.45) is -6.46. The van der Waals surface area contributed by atoms with Crippen LogP contribution in [0, 0.1) is 0 Å². The third-order valence-corrected chi connectivity index (χ3v) is 14.4. The molecule has 6 amide bonds. The van der Waals surface area contributed by atoms with Gasteiger partial charge in [0.15, 0.2) is 18.9 Å². The summed E-state index contributed by atoms with van der Waals surface area (Å²) < 4.78 is 51.4. The number of ether oxygens (including phenoxy) is 9. The van der Waals surface area contributed by atoms with Crippen molar-refractivity contribution in [2.24, 2.45) is 5.73 Å². The fourth-order valence-corrected chi connectivity index (χ4v) is 9.57. The van der Waals surface area contributed by atoms with E-state index in [1.54, 1.807) is 0 Å². The summed E-state index contributed by atoms with van der Waals surface area (Å²) in [7, 11) is 0. The van der Waals surface area contributed by atoms with E-state index in [0.29, 0.717) is 58.2 Å². The van der Waals surface area contributed by atoms with E-state index < -0.39 is 135 Å². The molecule has 0 bridgehead atoms. The Labute approximate surface area is 502 Å². The molecular formula is C55H101N7O24. The Balaban J connectivity index is 1.35. The molecule has 3 heterocycles. The molecule has 0 aliphatic carbocycles. The maximum absolute atomic E-state index is 12.6. The van der Waals surface area contributed by atoms with Gasteiger partial charge in [-0.25, -0.2) is 0 Å². The first kappa shape index (κ1) is 76.3. The normalized spacial score (nSPS) is 27.7. The van der Waals surface area contributed by atoms with Gasteiger partial charge in [0, 0.05) is 79.5 Å². The highest BCUT2D eigenvalue weighted by Crippen LogP contribution is 2.25. The molecule has 0 spiro atoms. The van der Waals surface area contributed by atoms with Crippen molar-refractivity contribution in [2.75, 3.05) is 98.9 Å². The van der Waals surface area contributed by atoms with Gasteiger partial charge >= 0.3 is 0 Å². The molecule has 0 saturated carbocycles. The van der Waals surface area contributed by atoms with E-state index in [4.69, 9.17) is 48.4 Å². The Bertz CT molecular complexity index is 1730. The Morgan fingerprint density at radius 3 is 0.895 bits per heavy atom. The van der Waals surface area contributed by atoms with E-state index >= 15 is 0 Å². The SMILES string of the molecule is CC(=O)N[C@H]1[C@H](OCCCCCCNC(=O)CCOCC(N)(COCCC(=O)NCCCCCCO[C@@H]2O[C@H](CO)[C@H](O)[C@H](O)[C@H]2NC(C)=O)COCCC(=O)NCCCCCCO[C@@H]2O[C@H](CO)[C@H](O)[C@H](O)[C@H]2NC(C)=O)O[C@H](CO)[C@H](O)[C@@H]1O. The lowest BCUT2D eigenvalue weighted by Crippen LogP contribution is -2.64. The number of aliphatic hydroxyl groups is 9. The maximum Gasteiger partial charge on any atom is 0.222 e. The van der Waals surface area contributed by atoms with Crippen LogP contribution in [0.15, 0.2) is 0 Å². The summed E-state index contributed by atoms with van der Waals surface area (Å²) in [5.74, 6) is -2.07. The van der Waals surface area contributed by atoms with Gasteiger partial charge in [-0.3, -0.25) is 28.8 Å². The van der Waals surface area contributed by atoms with Crippen molar-refractivity contribution in [2.45, 2.75) is 215 Å². The molecule has 0 aromatic rings. The third-order valence-electron chi connectivity index (χ3n) is 14.4. The van der Waals surface area contributed by atoms with Gasteiger partial charge in [-0.05, 0) is 38.5 Å². The van der Waals surface area contributed by atoms with E-state index in [9.17, 15) is 74.7 Å². The largest absolute Gasteiger partial charge is 0.394 e. The van der Waals surface area contributed by atoms with Crippen LogP contribution in [0.1, 0.15) is 117 Å². The summed E-state index contributed by atoms with van der Waals surface area (Å²) >= 11 is 0. The fraction of sp³-hybridized carbons (Fsp3) is 0.891.